The van der Waals surface area contributed by atoms with Crippen LogP contribution < -0.4 is 5.32 Å². The molecule has 0 radical (unpaired) electrons. The number of nitrogens with one attached hydrogen (secondary N) is 1. The second-order valence-corrected chi connectivity index (χ2v) is 5.24. The number of carbonyl (C=O) groups is 2. The zero-order valence-electron chi connectivity index (χ0n) is 11.9. The van der Waals surface area contributed by atoms with Gasteiger partial charge in [0.1, 0.15) is 0 Å². The number of hydrogen-bond acceptors (Lipinski definition) is 3. The molecule has 1 aromatic carbocycles. The Kier molecular flexibility index (Phi) is 5.16. The van der Waals surface area contributed by atoms with Crippen molar-refractivity contribution in [3.63, 3.8) is 0 Å². The van der Waals surface area contributed by atoms with Gasteiger partial charge >= 0.3 is 5.97 Å². The molecule has 0 saturated heterocycles. The summed E-state index contributed by atoms with van der Waals surface area (Å²) in [5, 5.41) is 2.98. The summed E-state index contributed by atoms with van der Waals surface area (Å²) >= 11 is 0. The first-order chi connectivity index (χ1) is 9.70. The van der Waals surface area contributed by atoms with Crippen molar-refractivity contribution >= 4 is 11.9 Å². The molecule has 1 aliphatic carbocycles. The Balaban J connectivity index is 1.84. The Hall–Kier alpha value is -1.84. The average molecular weight is 275 g/mol. The molecule has 1 aliphatic rings. The van der Waals surface area contributed by atoms with Crippen LogP contribution in [-0.4, -0.2) is 19.0 Å². The van der Waals surface area contributed by atoms with Gasteiger partial charge in [-0.2, -0.15) is 0 Å². The summed E-state index contributed by atoms with van der Waals surface area (Å²) in [6.07, 6.45) is 5.58. The molecule has 0 heterocycles. The lowest BCUT2D eigenvalue weighted by Crippen LogP contribution is -2.31. The average Bonchev–Trinajstić information content (AvgIpc) is 2.53. The molecule has 1 N–H and O–H groups in total. The zero-order valence-corrected chi connectivity index (χ0v) is 11.9. The van der Waals surface area contributed by atoms with Crippen LogP contribution in [0, 0.1) is 5.92 Å². The Morgan fingerprint density at radius 3 is 2.40 bits per heavy atom. The molecule has 4 heteroatoms. The third-order valence-electron chi connectivity index (χ3n) is 3.82. The van der Waals surface area contributed by atoms with E-state index in [1.54, 1.807) is 12.1 Å². The number of hydrogen-bond donors (Lipinski definition) is 1. The number of benzene rings is 1. The van der Waals surface area contributed by atoms with Crippen molar-refractivity contribution < 1.29 is 14.3 Å². The highest BCUT2D eigenvalue weighted by Crippen LogP contribution is 2.23. The maximum Gasteiger partial charge on any atom is 0.337 e. The van der Waals surface area contributed by atoms with Crippen LogP contribution in [0.5, 0.6) is 0 Å². The first-order valence-corrected chi connectivity index (χ1v) is 7.15. The van der Waals surface area contributed by atoms with E-state index in [0.29, 0.717) is 12.1 Å². The highest BCUT2D eigenvalue weighted by molar-refractivity contribution is 5.89. The van der Waals surface area contributed by atoms with Crippen LogP contribution in [0.4, 0.5) is 0 Å². The van der Waals surface area contributed by atoms with Crippen molar-refractivity contribution in [2.75, 3.05) is 7.11 Å². The van der Waals surface area contributed by atoms with Gasteiger partial charge in [0.15, 0.2) is 0 Å². The molecule has 1 aromatic rings. The fraction of sp³-hybridized carbons (Fsp3) is 0.500. The lowest BCUT2D eigenvalue weighted by atomic mass is 9.88. The fourth-order valence-corrected chi connectivity index (χ4v) is 2.57. The standard InChI is InChI=1S/C16H21NO3/c1-20-16(19)14-9-7-12(8-10-14)11-17-15(18)13-5-3-2-4-6-13/h7-10,13H,2-6,11H2,1H3,(H,17,18). The van der Waals surface area contributed by atoms with Crippen LogP contribution in [-0.2, 0) is 16.1 Å². The highest BCUT2D eigenvalue weighted by Gasteiger charge is 2.20. The third kappa shape index (κ3) is 3.83. The molecule has 20 heavy (non-hydrogen) atoms. The predicted molar refractivity (Wildman–Crippen MR) is 76.2 cm³/mol. The Morgan fingerprint density at radius 2 is 1.80 bits per heavy atom. The molecule has 108 valence electrons. The summed E-state index contributed by atoms with van der Waals surface area (Å²) in [4.78, 5) is 23.3. The van der Waals surface area contributed by atoms with Gasteiger partial charge in [0, 0.05) is 12.5 Å². The second-order valence-electron chi connectivity index (χ2n) is 5.24. The molecule has 0 aromatic heterocycles. The summed E-state index contributed by atoms with van der Waals surface area (Å²) in [5.74, 6) is -0.0115. The van der Waals surface area contributed by atoms with Crippen molar-refractivity contribution in [3.8, 4) is 0 Å². The Bertz CT molecular complexity index is 461. The summed E-state index contributed by atoms with van der Waals surface area (Å²) in [6.45, 7) is 0.511. The van der Waals surface area contributed by atoms with Crippen LogP contribution in [0.3, 0.4) is 0 Å². The van der Waals surface area contributed by atoms with E-state index in [1.165, 1.54) is 13.5 Å². The minimum Gasteiger partial charge on any atom is -0.465 e. The molecular weight excluding hydrogens is 254 g/mol. The van der Waals surface area contributed by atoms with E-state index >= 15 is 0 Å². The second kappa shape index (κ2) is 7.08. The number of amides is 1. The van der Waals surface area contributed by atoms with E-state index in [9.17, 15) is 9.59 Å². The minimum absolute atomic E-state index is 0.154. The molecule has 1 fully saturated rings. The van der Waals surface area contributed by atoms with Gasteiger partial charge in [-0.3, -0.25) is 4.79 Å². The first kappa shape index (κ1) is 14.6. The van der Waals surface area contributed by atoms with Crippen LogP contribution >= 0.6 is 0 Å². The fourth-order valence-electron chi connectivity index (χ4n) is 2.57. The maximum atomic E-state index is 12.0. The monoisotopic (exact) mass is 275 g/mol. The van der Waals surface area contributed by atoms with Crippen molar-refractivity contribution in [1.29, 1.82) is 0 Å². The van der Waals surface area contributed by atoms with Crippen molar-refractivity contribution in [2.24, 2.45) is 5.92 Å². The quantitative estimate of drug-likeness (QED) is 0.859. The molecule has 1 saturated carbocycles. The van der Waals surface area contributed by atoms with Crippen molar-refractivity contribution in [2.45, 2.75) is 38.6 Å². The summed E-state index contributed by atoms with van der Waals surface area (Å²) < 4.78 is 4.64. The van der Waals surface area contributed by atoms with Crippen molar-refractivity contribution in [3.05, 3.63) is 35.4 Å². The molecule has 4 nitrogen and oxygen atoms in total. The van der Waals surface area contributed by atoms with Gasteiger partial charge in [-0.1, -0.05) is 31.4 Å². The molecule has 1 amide bonds. The van der Waals surface area contributed by atoms with Gasteiger partial charge in [0.25, 0.3) is 0 Å². The van der Waals surface area contributed by atoms with Gasteiger partial charge in [-0.05, 0) is 30.5 Å². The molecular formula is C16H21NO3. The number of methoxy groups -OCH3 is 1. The Labute approximate surface area is 119 Å². The highest BCUT2D eigenvalue weighted by atomic mass is 16.5. The van der Waals surface area contributed by atoms with E-state index in [0.717, 1.165) is 31.2 Å². The Morgan fingerprint density at radius 1 is 1.15 bits per heavy atom. The van der Waals surface area contributed by atoms with E-state index in [-0.39, 0.29) is 17.8 Å². The smallest absolute Gasteiger partial charge is 0.337 e. The summed E-state index contributed by atoms with van der Waals surface area (Å²) in [7, 11) is 1.36. The topological polar surface area (TPSA) is 55.4 Å². The van der Waals surface area contributed by atoms with Crippen LogP contribution in [0.1, 0.15) is 48.0 Å². The minimum atomic E-state index is -0.345. The molecule has 2 rings (SSSR count). The van der Waals surface area contributed by atoms with E-state index in [4.69, 9.17) is 0 Å². The SMILES string of the molecule is COC(=O)c1ccc(CNC(=O)C2CCCCC2)cc1. The molecule has 0 aliphatic heterocycles. The number of rotatable bonds is 4. The van der Waals surface area contributed by atoms with Gasteiger partial charge in [0.2, 0.25) is 5.91 Å². The predicted octanol–water partition coefficient (Wildman–Crippen LogP) is 2.67. The van der Waals surface area contributed by atoms with Gasteiger partial charge in [-0.15, -0.1) is 0 Å². The van der Waals surface area contributed by atoms with E-state index in [1.807, 2.05) is 12.1 Å². The lowest BCUT2D eigenvalue weighted by molar-refractivity contribution is -0.126. The molecule has 0 atom stereocenters. The van der Waals surface area contributed by atoms with Crippen LogP contribution in [0.2, 0.25) is 0 Å². The van der Waals surface area contributed by atoms with Crippen LogP contribution in [0.25, 0.3) is 0 Å². The van der Waals surface area contributed by atoms with Crippen LogP contribution in [0.15, 0.2) is 24.3 Å². The van der Waals surface area contributed by atoms with E-state index < -0.39 is 0 Å². The third-order valence-corrected chi connectivity index (χ3v) is 3.82. The lowest BCUT2D eigenvalue weighted by Gasteiger charge is -2.20. The normalized spacial score (nSPS) is 15.7. The zero-order chi connectivity index (χ0) is 14.4. The number of carbonyl (C=O) groups excluding carboxylic acids is 2. The van der Waals surface area contributed by atoms with E-state index in [2.05, 4.69) is 10.1 Å². The molecule has 0 spiro atoms. The maximum absolute atomic E-state index is 12.0. The first-order valence-electron chi connectivity index (χ1n) is 7.15. The largest absolute Gasteiger partial charge is 0.465 e. The van der Waals surface area contributed by atoms with Gasteiger partial charge < -0.3 is 10.1 Å². The van der Waals surface area contributed by atoms with Gasteiger partial charge in [0.05, 0.1) is 12.7 Å². The number of esters is 1. The molecule has 0 unspecified atom stereocenters. The van der Waals surface area contributed by atoms with Crippen molar-refractivity contribution in [1.82, 2.24) is 5.32 Å². The van der Waals surface area contributed by atoms with Gasteiger partial charge in [-0.25, -0.2) is 4.79 Å². The summed E-state index contributed by atoms with van der Waals surface area (Å²) in [6, 6.07) is 7.11. The molecule has 0 bridgehead atoms. The number of ether oxygens (including phenoxy) is 1. The summed E-state index contributed by atoms with van der Waals surface area (Å²) in [5.41, 5.74) is 1.51.